The average Bonchev–Trinajstić information content (AvgIpc) is 1.96. The molecule has 0 radical (unpaired) electrons. The first-order valence-corrected chi connectivity index (χ1v) is 5.07. The number of allylic oxidation sites excluding steroid dienone is 4. The smallest absolute Gasteiger partial charge is 0.00800 e. The zero-order chi connectivity index (χ0) is 8.32. The third-order valence-corrected chi connectivity index (χ3v) is 3.00. The average molecular weight is 168 g/mol. The monoisotopic (exact) mass is 168 g/mol. The third-order valence-electron chi connectivity index (χ3n) is 2.71. The van der Waals surface area contributed by atoms with Gasteiger partial charge in [0.05, 0.1) is 0 Å². The Kier molecular flexibility index (Phi) is 2.90. The van der Waals surface area contributed by atoms with Gasteiger partial charge in [-0.2, -0.15) is 0 Å². The Hall–Kier alpha value is -0.0900. The van der Waals surface area contributed by atoms with Crippen molar-refractivity contribution in [2.24, 2.45) is 11.3 Å². The lowest BCUT2D eigenvalue weighted by Crippen LogP contribution is -2.23. The molecule has 0 amide bonds. The molecule has 0 heterocycles. The van der Waals surface area contributed by atoms with E-state index in [1.54, 1.807) is 0 Å². The van der Waals surface area contributed by atoms with Crippen molar-refractivity contribution in [1.29, 1.82) is 0 Å². The van der Waals surface area contributed by atoms with E-state index < -0.39 is 0 Å². The van der Waals surface area contributed by atoms with Crippen LogP contribution in [-0.4, -0.2) is 6.16 Å². The maximum absolute atomic E-state index is 2.80. The Morgan fingerprint density at radius 3 is 2.73 bits per heavy atom. The highest BCUT2D eigenvalue weighted by Gasteiger charge is 2.26. The van der Waals surface area contributed by atoms with Crippen LogP contribution in [0, 0.1) is 11.3 Å². The molecule has 0 saturated heterocycles. The maximum atomic E-state index is 2.80. The van der Waals surface area contributed by atoms with Gasteiger partial charge in [-0.15, -0.1) is 9.24 Å². The van der Waals surface area contributed by atoms with Gasteiger partial charge < -0.3 is 0 Å². The molecule has 0 fully saturated rings. The van der Waals surface area contributed by atoms with Crippen LogP contribution in [0.3, 0.4) is 0 Å². The van der Waals surface area contributed by atoms with Crippen LogP contribution in [0.2, 0.25) is 0 Å². The molecule has 0 saturated carbocycles. The normalized spacial score (nSPS) is 36.1. The van der Waals surface area contributed by atoms with Gasteiger partial charge in [0.25, 0.3) is 0 Å². The van der Waals surface area contributed by atoms with Crippen LogP contribution in [0.4, 0.5) is 0 Å². The molecule has 3 atom stereocenters. The zero-order valence-electron chi connectivity index (χ0n) is 7.38. The minimum atomic E-state index is 0.399. The van der Waals surface area contributed by atoms with E-state index in [4.69, 9.17) is 0 Å². The van der Waals surface area contributed by atoms with Gasteiger partial charge in [0, 0.05) is 0 Å². The van der Waals surface area contributed by atoms with Crippen molar-refractivity contribution >= 4 is 9.24 Å². The first-order chi connectivity index (χ1) is 5.19. The third kappa shape index (κ3) is 1.93. The van der Waals surface area contributed by atoms with Gasteiger partial charge in [-0.3, -0.25) is 0 Å². The number of rotatable bonds is 2. The minimum Gasteiger partial charge on any atom is -0.138 e. The second kappa shape index (κ2) is 3.54. The van der Waals surface area contributed by atoms with Gasteiger partial charge in [0.2, 0.25) is 0 Å². The molecule has 1 heteroatoms. The summed E-state index contributed by atoms with van der Waals surface area (Å²) in [7, 11) is 2.80. The molecule has 0 N–H and O–H groups in total. The number of hydrogen-bond donors (Lipinski definition) is 0. The maximum Gasteiger partial charge on any atom is -0.00800 e. The first-order valence-electron chi connectivity index (χ1n) is 4.25. The Bertz CT molecular complexity index is 181. The molecule has 0 aliphatic heterocycles. The standard InChI is InChI=1S/C10H17P/c1-9-5-3-4-6-10(9,2)7-8-11/h3-6,9H,7-8,11H2,1-2H3. The van der Waals surface area contributed by atoms with Crippen LogP contribution < -0.4 is 0 Å². The molecule has 0 aromatic rings. The van der Waals surface area contributed by atoms with Gasteiger partial charge in [-0.05, 0) is 23.9 Å². The van der Waals surface area contributed by atoms with Gasteiger partial charge in [0.15, 0.2) is 0 Å². The van der Waals surface area contributed by atoms with E-state index in [0.717, 1.165) is 0 Å². The van der Waals surface area contributed by atoms with Gasteiger partial charge in [-0.1, -0.05) is 38.2 Å². The molecule has 0 aromatic carbocycles. The molecule has 1 aliphatic rings. The Labute approximate surface area is 72.0 Å². The fourth-order valence-corrected chi connectivity index (χ4v) is 2.12. The molecular weight excluding hydrogens is 151 g/mol. The van der Waals surface area contributed by atoms with Gasteiger partial charge in [-0.25, -0.2) is 0 Å². The van der Waals surface area contributed by atoms with E-state index in [0.29, 0.717) is 11.3 Å². The van der Waals surface area contributed by atoms with Crippen molar-refractivity contribution in [3.8, 4) is 0 Å². The quantitative estimate of drug-likeness (QED) is 0.556. The summed E-state index contributed by atoms with van der Waals surface area (Å²) in [4.78, 5) is 0. The van der Waals surface area contributed by atoms with Crippen molar-refractivity contribution in [2.45, 2.75) is 20.3 Å². The molecule has 1 rings (SSSR count). The molecule has 1 aliphatic carbocycles. The molecule has 62 valence electrons. The minimum absolute atomic E-state index is 0.399. The summed E-state index contributed by atoms with van der Waals surface area (Å²) in [6, 6.07) is 0. The van der Waals surface area contributed by atoms with Gasteiger partial charge in [0.1, 0.15) is 0 Å². The number of hydrogen-bond acceptors (Lipinski definition) is 0. The Morgan fingerprint density at radius 2 is 2.18 bits per heavy atom. The molecule has 0 bridgehead atoms. The lowest BCUT2D eigenvalue weighted by Gasteiger charge is -2.32. The van der Waals surface area contributed by atoms with Crippen molar-refractivity contribution in [3.05, 3.63) is 24.3 Å². The Morgan fingerprint density at radius 1 is 1.45 bits per heavy atom. The highest BCUT2D eigenvalue weighted by molar-refractivity contribution is 7.16. The fraction of sp³-hybridized carbons (Fsp3) is 0.600. The van der Waals surface area contributed by atoms with Crippen molar-refractivity contribution < 1.29 is 0 Å². The van der Waals surface area contributed by atoms with Crippen molar-refractivity contribution in [3.63, 3.8) is 0 Å². The SMILES string of the molecule is CC1C=CC=CC1(C)CCP. The Balaban J connectivity index is 2.68. The summed E-state index contributed by atoms with van der Waals surface area (Å²) in [5, 5.41) is 0. The molecule has 11 heavy (non-hydrogen) atoms. The van der Waals surface area contributed by atoms with E-state index >= 15 is 0 Å². The fourth-order valence-electron chi connectivity index (χ4n) is 1.50. The zero-order valence-corrected chi connectivity index (χ0v) is 8.53. The molecule has 0 aromatic heterocycles. The molecule has 3 unspecified atom stereocenters. The lowest BCUT2D eigenvalue weighted by atomic mass is 9.73. The summed E-state index contributed by atoms with van der Waals surface area (Å²) in [6.45, 7) is 4.63. The summed E-state index contributed by atoms with van der Waals surface area (Å²) in [5.74, 6) is 0.688. The van der Waals surface area contributed by atoms with E-state index in [9.17, 15) is 0 Å². The van der Waals surface area contributed by atoms with E-state index in [2.05, 4.69) is 47.4 Å². The summed E-state index contributed by atoms with van der Waals surface area (Å²) in [6.07, 6.45) is 11.4. The summed E-state index contributed by atoms with van der Waals surface area (Å²) >= 11 is 0. The summed E-state index contributed by atoms with van der Waals surface area (Å²) in [5.41, 5.74) is 0.399. The molecular formula is C10H17P. The van der Waals surface area contributed by atoms with Crippen LogP contribution in [0.15, 0.2) is 24.3 Å². The predicted octanol–water partition coefficient (Wildman–Crippen LogP) is 3.02. The molecule has 0 spiro atoms. The lowest BCUT2D eigenvalue weighted by molar-refractivity contribution is 0.316. The topological polar surface area (TPSA) is 0 Å². The van der Waals surface area contributed by atoms with Gasteiger partial charge >= 0.3 is 0 Å². The second-order valence-electron chi connectivity index (χ2n) is 3.58. The summed E-state index contributed by atoms with van der Waals surface area (Å²) < 4.78 is 0. The largest absolute Gasteiger partial charge is 0.138 e. The van der Waals surface area contributed by atoms with Crippen LogP contribution in [0.5, 0.6) is 0 Å². The van der Waals surface area contributed by atoms with Crippen LogP contribution in [-0.2, 0) is 0 Å². The first kappa shape index (κ1) is 9.00. The van der Waals surface area contributed by atoms with Crippen LogP contribution in [0.25, 0.3) is 0 Å². The van der Waals surface area contributed by atoms with Crippen molar-refractivity contribution in [2.75, 3.05) is 6.16 Å². The van der Waals surface area contributed by atoms with E-state index in [1.807, 2.05) is 0 Å². The van der Waals surface area contributed by atoms with Crippen LogP contribution >= 0.6 is 9.24 Å². The van der Waals surface area contributed by atoms with Crippen LogP contribution in [0.1, 0.15) is 20.3 Å². The van der Waals surface area contributed by atoms with E-state index in [-0.39, 0.29) is 0 Å². The van der Waals surface area contributed by atoms with Crippen molar-refractivity contribution in [1.82, 2.24) is 0 Å². The van der Waals surface area contributed by atoms with E-state index in [1.165, 1.54) is 12.6 Å². The highest BCUT2D eigenvalue weighted by Crippen LogP contribution is 2.36. The molecule has 0 nitrogen and oxygen atoms in total. The second-order valence-corrected chi connectivity index (χ2v) is 4.15. The predicted molar refractivity (Wildman–Crippen MR) is 54.7 cm³/mol. The highest BCUT2D eigenvalue weighted by atomic mass is 31.0.